The lowest BCUT2D eigenvalue weighted by Crippen LogP contribution is -2.43. The molecule has 2 aliphatic heterocycles. The van der Waals surface area contributed by atoms with E-state index in [1.165, 1.54) is 12.8 Å². The van der Waals surface area contributed by atoms with Crippen LogP contribution >= 0.6 is 0 Å². The molecule has 4 nitrogen and oxygen atoms in total. The van der Waals surface area contributed by atoms with Gasteiger partial charge in [0.25, 0.3) is 0 Å². The highest BCUT2D eigenvalue weighted by molar-refractivity contribution is 5.82. The fraction of sp³-hybridized carbons (Fsp3) is 0.562. The smallest absolute Gasteiger partial charge is 0.242 e. The summed E-state index contributed by atoms with van der Waals surface area (Å²) in [5, 5.41) is 0. The number of fused-ring (bicyclic) bond motifs is 1. The predicted octanol–water partition coefficient (Wildman–Crippen LogP) is 2.29. The number of nitrogens with zero attached hydrogens (tertiary/aromatic N) is 2. The third kappa shape index (κ3) is 2.89. The first-order chi connectivity index (χ1) is 9.84. The summed E-state index contributed by atoms with van der Waals surface area (Å²) >= 11 is 0. The molecule has 0 atom stereocenters. The second kappa shape index (κ2) is 6.16. The lowest BCUT2D eigenvalue weighted by molar-refractivity contribution is -0.129. The van der Waals surface area contributed by atoms with Gasteiger partial charge in [-0.15, -0.1) is 0 Å². The lowest BCUT2D eigenvalue weighted by Gasteiger charge is -2.32. The molecule has 3 rings (SSSR count). The van der Waals surface area contributed by atoms with E-state index in [1.807, 2.05) is 29.2 Å². The van der Waals surface area contributed by atoms with E-state index in [9.17, 15) is 4.79 Å². The lowest BCUT2D eigenvalue weighted by atomic mass is 10.2. The predicted molar refractivity (Wildman–Crippen MR) is 79.2 cm³/mol. The maximum absolute atomic E-state index is 12.5. The van der Waals surface area contributed by atoms with Gasteiger partial charge in [-0.3, -0.25) is 4.79 Å². The van der Waals surface area contributed by atoms with Crippen molar-refractivity contribution in [3.63, 3.8) is 0 Å². The number of ether oxygens (including phenoxy) is 1. The largest absolute Gasteiger partial charge is 0.490 e. The van der Waals surface area contributed by atoms with Crippen molar-refractivity contribution in [1.82, 2.24) is 4.90 Å². The number of carbonyl (C=O) groups excluding carboxylic acids is 1. The molecule has 0 aliphatic carbocycles. The number of benzene rings is 1. The maximum atomic E-state index is 12.5. The van der Waals surface area contributed by atoms with Crippen molar-refractivity contribution in [1.29, 1.82) is 0 Å². The molecule has 4 heteroatoms. The topological polar surface area (TPSA) is 32.8 Å². The average molecular weight is 274 g/mol. The van der Waals surface area contributed by atoms with E-state index in [1.54, 1.807) is 0 Å². The molecule has 0 saturated carbocycles. The van der Waals surface area contributed by atoms with Crippen molar-refractivity contribution in [3.8, 4) is 5.75 Å². The summed E-state index contributed by atoms with van der Waals surface area (Å²) in [7, 11) is 0. The van der Waals surface area contributed by atoms with Gasteiger partial charge in [0, 0.05) is 13.1 Å². The number of anilines is 1. The molecule has 0 spiro atoms. The van der Waals surface area contributed by atoms with Gasteiger partial charge in [-0.2, -0.15) is 0 Å². The summed E-state index contributed by atoms with van der Waals surface area (Å²) < 4.78 is 5.63. The number of rotatable bonds is 2. The van der Waals surface area contributed by atoms with Gasteiger partial charge in [-0.1, -0.05) is 25.0 Å². The maximum Gasteiger partial charge on any atom is 0.242 e. The first kappa shape index (κ1) is 13.3. The van der Waals surface area contributed by atoms with E-state index in [-0.39, 0.29) is 5.91 Å². The van der Waals surface area contributed by atoms with Gasteiger partial charge in [0.2, 0.25) is 5.91 Å². The summed E-state index contributed by atoms with van der Waals surface area (Å²) in [5.74, 6) is 1.14. The van der Waals surface area contributed by atoms with Gasteiger partial charge in [-0.25, -0.2) is 0 Å². The van der Waals surface area contributed by atoms with E-state index < -0.39 is 0 Å². The molecule has 1 saturated heterocycles. The summed E-state index contributed by atoms with van der Waals surface area (Å²) in [6.45, 7) is 3.76. The zero-order chi connectivity index (χ0) is 13.8. The minimum Gasteiger partial charge on any atom is -0.490 e. The standard InChI is InChI=1S/C16H22N2O2/c19-16(17-9-5-1-2-6-10-17)13-18-11-12-20-15-8-4-3-7-14(15)18/h3-4,7-8H,1-2,5-6,9-13H2. The molecule has 108 valence electrons. The van der Waals surface area contributed by atoms with Gasteiger partial charge in [0.1, 0.15) is 12.4 Å². The molecule has 0 unspecified atom stereocenters. The number of hydrogen-bond acceptors (Lipinski definition) is 3. The van der Waals surface area contributed by atoms with Crippen LogP contribution in [0.5, 0.6) is 5.75 Å². The van der Waals surface area contributed by atoms with Crippen molar-refractivity contribution < 1.29 is 9.53 Å². The Morgan fingerprint density at radius 1 is 1.05 bits per heavy atom. The number of carbonyl (C=O) groups is 1. The molecule has 1 fully saturated rings. The zero-order valence-electron chi connectivity index (χ0n) is 11.9. The minimum absolute atomic E-state index is 0.253. The first-order valence-corrected chi connectivity index (χ1v) is 7.59. The second-order valence-electron chi connectivity index (χ2n) is 5.53. The highest BCUT2D eigenvalue weighted by Gasteiger charge is 2.22. The molecule has 1 aromatic rings. The van der Waals surface area contributed by atoms with Gasteiger partial charge in [0.15, 0.2) is 0 Å². The highest BCUT2D eigenvalue weighted by Crippen LogP contribution is 2.30. The Kier molecular flexibility index (Phi) is 4.09. The van der Waals surface area contributed by atoms with Crippen LogP contribution in [0.15, 0.2) is 24.3 Å². The van der Waals surface area contributed by atoms with E-state index in [2.05, 4.69) is 4.90 Å². The summed E-state index contributed by atoms with van der Waals surface area (Å²) in [6, 6.07) is 7.97. The molecule has 0 aromatic heterocycles. The quantitative estimate of drug-likeness (QED) is 0.829. The van der Waals surface area contributed by atoms with Gasteiger partial charge in [0.05, 0.1) is 18.8 Å². The van der Waals surface area contributed by atoms with Crippen LogP contribution in [0.1, 0.15) is 25.7 Å². The summed E-state index contributed by atoms with van der Waals surface area (Å²) in [4.78, 5) is 16.7. The number of hydrogen-bond donors (Lipinski definition) is 0. The van der Waals surface area contributed by atoms with Crippen LogP contribution in [0.25, 0.3) is 0 Å². The number of amides is 1. The molecule has 1 amide bonds. The molecule has 2 heterocycles. The van der Waals surface area contributed by atoms with Crippen LogP contribution in [0, 0.1) is 0 Å². The van der Waals surface area contributed by atoms with Crippen LogP contribution in [0.3, 0.4) is 0 Å². The normalized spacial score (nSPS) is 19.0. The summed E-state index contributed by atoms with van der Waals surface area (Å²) in [6.07, 6.45) is 4.80. The zero-order valence-corrected chi connectivity index (χ0v) is 11.9. The Morgan fingerprint density at radius 2 is 1.80 bits per heavy atom. The van der Waals surface area contributed by atoms with Crippen molar-refractivity contribution in [2.75, 3.05) is 37.7 Å². The van der Waals surface area contributed by atoms with Crippen LogP contribution in [-0.2, 0) is 4.79 Å². The second-order valence-corrected chi connectivity index (χ2v) is 5.53. The Labute approximate surface area is 120 Å². The molecular weight excluding hydrogens is 252 g/mol. The SMILES string of the molecule is O=C(CN1CCOc2ccccc21)N1CCCCCC1. The molecule has 20 heavy (non-hydrogen) atoms. The molecule has 0 radical (unpaired) electrons. The van der Waals surface area contributed by atoms with E-state index in [4.69, 9.17) is 4.74 Å². The third-order valence-corrected chi connectivity index (χ3v) is 4.11. The Bertz CT molecular complexity index is 467. The number of para-hydroxylation sites is 2. The van der Waals surface area contributed by atoms with Crippen LogP contribution in [0.2, 0.25) is 0 Å². The fourth-order valence-electron chi connectivity index (χ4n) is 2.97. The Balaban J connectivity index is 1.67. The number of likely N-dealkylation sites (tertiary alicyclic amines) is 1. The molecular formula is C16H22N2O2. The van der Waals surface area contributed by atoms with Crippen LogP contribution in [-0.4, -0.2) is 43.6 Å². The van der Waals surface area contributed by atoms with E-state index in [0.717, 1.165) is 43.9 Å². The first-order valence-electron chi connectivity index (χ1n) is 7.59. The Hall–Kier alpha value is -1.71. The van der Waals surface area contributed by atoms with Crippen molar-refractivity contribution in [2.45, 2.75) is 25.7 Å². The molecule has 1 aromatic carbocycles. The average Bonchev–Trinajstić information content (AvgIpc) is 2.77. The monoisotopic (exact) mass is 274 g/mol. The van der Waals surface area contributed by atoms with Crippen LogP contribution in [0.4, 0.5) is 5.69 Å². The molecule has 0 bridgehead atoms. The minimum atomic E-state index is 0.253. The summed E-state index contributed by atoms with van der Waals surface area (Å²) in [5.41, 5.74) is 1.04. The van der Waals surface area contributed by atoms with E-state index in [0.29, 0.717) is 13.2 Å². The Morgan fingerprint density at radius 3 is 2.60 bits per heavy atom. The molecule has 0 N–H and O–H groups in total. The van der Waals surface area contributed by atoms with Crippen molar-refractivity contribution in [2.24, 2.45) is 0 Å². The van der Waals surface area contributed by atoms with Gasteiger partial charge < -0.3 is 14.5 Å². The van der Waals surface area contributed by atoms with Crippen molar-refractivity contribution >= 4 is 11.6 Å². The van der Waals surface area contributed by atoms with E-state index >= 15 is 0 Å². The van der Waals surface area contributed by atoms with Gasteiger partial charge in [-0.05, 0) is 25.0 Å². The van der Waals surface area contributed by atoms with Gasteiger partial charge >= 0.3 is 0 Å². The fourth-order valence-corrected chi connectivity index (χ4v) is 2.97. The third-order valence-electron chi connectivity index (χ3n) is 4.11. The van der Waals surface area contributed by atoms with Crippen LogP contribution < -0.4 is 9.64 Å². The highest BCUT2D eigenvalue weighted by atomic mass is 16.5. The van der Waals surface area contributed by atoms with Crippen molar-refractivity contribution in [3.05, 3.63) is 24.3 Å². The molecule has 2 aliphatic rings.